The summed E-state index contributed by atoms with van der Waals surface area (Å²) in [4.78, 5) is 15.9. The summed E-state index contributed by atoms with van der Waals surface area (Å²) in [7, 11) is 0. The molecule has 0 unspecified atom stereocenters. The van der Waals surface area contributed by atoms with Crippen LogP contribution in [0.15, 0.2) is 53.9 Å². The fourth-order valence-electron chi connectivity index (χ4n) is 1.66. The quantitative estimate of drug-likeness (QED) is 0.502. The predicted octanol–water partition coefficient (Wildman–Crippen LogP) is 2.53. The standard InChI is InChI=1S/C14H13N3O2/c1-10(17-19)12-4-2-3-5-13(12)16-14(18)11-6-8-15-9-7-11/h2-9,19H,1H3,(H,16,18)/b17-10+. The van der Waals surface area contributed by atoms with E-state index in [2.05, 4.69) is 15.5 Å². The van der Waals surface area contributed by atoms with E-state index in [1.54, 1.807) is 49.6 Å². The normalized spacial score (nSPS) is 11.1. The van der Waals surface area contributed by atoms with Crippen molar-refractivity contribution < 1.29 is 10.0 Å². The summed E-state index contributed by atoms with van der Waals surface area (Å²) in [6, 6.07) is 10.4. The molecule has 2 rings (SSSR count). The number of amides is 1. The highest BCUT2D eigenvalue weighted by Crippen LogP contribution is 2.17. The molecule has 1 aromatic heterocycles. The first-order chi connectivity index (χ1) is 9.22. The first-order valence-corrected chi connectivity index (χ1v) is 5.72. The Morgan fingerprint density at radius 3 is 2.58 bits per heavy atom. The van der Waals surface area contributed by atoms with Crippen LogP contribution in [0.1, 0.15) is 22.8 Å². The lowest BCUT2D eigenvalue weighted by Crippen LogP contribution is -2.14. The van der Waals surface area contributed by atoms with E-state index in [0.717, 1.165) is 0 Å². The molecule has 0 radical (unpaired) electrons. The maximum absolute atomic E-state index is 12.0. The van der Waals surface area contributed by atoms with Crippen LogP contribution in [0.25, 0.3) is 0 Å². The number of carbonyl (C=O) groups excluding carboxylic acids is 1. The molecule has 2 N–H and O–H groups in total. The van der Waals surface area contributed by atoms with E-state index in [1.165, 1.54) is 0 Å². The lowest BCUT2D eigenvalue weighted by Gasteiger charge is -2.09. The van der Waals surface area contributed by atoms with Crippen LogP contribution in [0.5, 0.6) is 0 Å². The number of anilines is 1. The highest BCUT2D eigenvalue weighted by molar-refractivity contribution is 6.10. The molecule has 19 heavy (non-hydrogen) atoms. The first-order valence-electron chi connectivity index (χ1n) is 5.72. The van der Waals surface area contributed by atoms with E-state index in [1.807, 2.05) is 6.07 Å². The van der Waals surface area contributed by atoms with Gasteiger partial charge in [-0.1, -0.05) is 23.4 Å². The second-order valence-electron chi connectivity index (χ2n) is 3.92. The zero-order valence-electron chi connectivity index (χ0n) is 10.4. The summed E-state index contributed by atoms with van der Waals surface area (Å²) in [5.74, 6) is -0.236. The van der Waals surface area contributed by atoms with E-state index >= 15 is 0 Å². The molecule has 0 saturated carbocycles. The van der Waals surface area contributed by atoms with Crippen LogP contribution in [0.3, 0.4) is 0 Å². The lowest BCUT2D eigenvalue weighted by molar-refractivity contribution is 0.102. The minimum atomic E-state index is -0.236. The van der Waals surface area contributed by atoms with Crippen LogP contribution < -0.4 is 5.32 Å². The molecule has 0 spiro atoms. The van der Waals surface area contributed by atoms with Gasteiger partial charge >= 0.3 is 0 Å². The maximum Gasteiger partial charge on any atom is 0.255 e. The average molecular weight is 255 g/mol. The van der Waals surface area contributed by atoms with Gasteiger partial charge in [-0.05, 0) is 25.1 Å². The van der Waals surface area contributed by atoms with Crippen molar-refractivity contribution >= 4 is 17.3 Å². The third kappa shape index (κ3) is 2.95. The van der Waals surface area contributed by atoms with Crippen LogP contribution >= 0.6 is 0 Å². The summed E-state index contributed by atoms with van der Waals surface area (Å²) < 4.78 is 0. The summed E-state index contributed by atoms with van der Waals surface area (Å²) in [5.41, 5.74) is 2.22. The van der Waals surface area contributed by atoms with Gasteiger partial charge in [0.2, 0.25) is 0 Å². The van der Waals surface area contributed by atoms with Crippen molar-refractivity contribution in [3.8, 4) is 0 Å². The second-order valence-corrected chi connectivity index (χ2v) is 3.92. The molecule has 96 valence electrons. The highest BCUT2D eigenvalue weighted by Gasteiger charge is 2.10. The van der Waals surface area contributed by atoms with Gasteiger partial charge in [0, 0.05) is 23.5 Å². The number of aromatic nitrogens is 1. The molecule has 2 aromatic rings. The number of pyridine rings is 1. The zero-order valence-corrected chi connectivity index (χ0v) is 10.4. The maximum atomic E-state index is 12.0. The van der Waals surface area contributed by atoms with Crippen molar-refractivity contribution in [1.29, 1.82) is 0 Å². The van der Waals surface area contributed by atoms with Crippen molar-refractivity contribution in [2.45, 2.75) is 6.92 Å². The van der Waals surface area contributed by atoms with Crippen molar-refractivity contribution in [2.24, 2.45) is 5.16 Å². The molecule has 0 bridgehead atoms. The molecule has 1 aromatic carbocycles. The minimum Gasteiger partial charge on any atom is -0.411 e. The molecule has 0 aliphatic heterocycles. The number of hydrogen-bond donors (Lipinski definition) is 2. The van der Waals surface area contributed by atoms with Gasteiger partial charge in [-0.25, -0.2) is 0 Å². The van der Waals surface area contributed by atoms with Gasteiger partial charge in [0.15, 0.2) is 0 Å². The number of oxime groups is 1. The summed E-state index contributed by atoms with van der Waals surface area (Å²) >= 11 is 0. The second kappa shape index (κ2) is 5.77. The van der Waals surface area contributed by atoms with E-state index in [4.69, 9.17) is 5.21 Å². The molecule has 1 amide bonds. The smallest absolute Gasteiger partial charge is 0.255 e. The number of para-hydroxylation sites is 1. The molecular formula is C14H13N3O2. The molecular weight excluding hydrogens is 242 g/mol. The molecule has 1 heterocycles. The lowest BCUT2D eigenvalue weighted by atomic mass is 10.1. The van der Waals surface area contributed by atoms with Crippen molar-refractivity contribution in [1.82, 2.24) is 4.98 Å². The molecule has 0 atom stereocenters. The average Bonchev–Trinajstić information content (AvgIpc) is 2.48. The number of carbonyl (C=O) groups is 1. The van der Waals surface area contributed by atoms with Gasteiger partial charge in [-0.3, -0.25) is 9.78 Å². The van der Waals surface area contributed by atoms with Gasteiger partial charge < -0.3 is 10.5 Å². The van der Waals surface area contributed by atoms with Crippen LogP contribution in [0.4, 0.5) is 5.69 Å². The number of benzene rings is 1. The third-order valence-electron chi connectivity index (χ3n) is 2.66. The van der Waals surface area contributed by atoms with Gasteiger partial charge in [0.1, 0.15) is 0 Å². The topological polar surface area (TPSA) is 74.6 Å². The van der Waals surface area contributed by atoms with Crippen LogP contribution in [0, 0.1) is 0 Å². The summed E-state index contributed by atoms with van der Waals surface area (Å²) in [6.07, 6.45) is 3.11. The summed E-state index contributed by atoms with van der Waals surface area (Å²) in [5, 5.41) is 14.8. The van der Waals surface area contributed by atoms with Crippen molar-refractivity contribution in [2.75, 3.05) is 5.32 Å². The number of nitrogens with one attached hydrogen (secondary N) is 1. The Hall–Kier alpha value is -2.69. The first kappa shape index (κ1) is 12.8. The molecule has 5 heteroatoms. The number of hydrogen-bond acceptors (Lipinski definition) is 4. The van der Waals surface area contributed by atoms with Crippen molar-refractivity contribution in [3.63, 3.8) is 0 Å². The van der Waals surface area contributed by atoms with Gasteiger partial charge in [0.05, 0.1) is 11.4 Å². The number of rotatable bonds is 3. The van der Waals surface area contributed by atoms with Gasteiger partial charge in [-0.2, -0.15) is 0 Å². The van der Waals surface area contributed by atoms with E-state index in [0.29, 0.717) is 22.5 Å². The largest absolute Gasteiger partial charge is 0.411 e. The van der Waals surface area contributed by atoms with Gasteiger partial charge in [0.25, 0.3) is 5.91 Å². The zero-order chi connectivity index (χ0) is 13.7. The monoisotopic (exact) mass is 255 g/mol. The predicted molar refractivity (Wildman–Crippen MR) is 72.6 cm³/mol. The van der Waals surface area contributed by atoms with Gasteiger partial charge in [-0.15, -0.1) is 0 Å². The Bertz CT molecular complexity index is 609. The Kier molecular flexibility index (Phi) is 3.87. The van der Waals surface area contributed by atoms with E-state index in [9.17, 15) is 4.79 Å². The Morgan fingerprint density at radius 2 is 1.89 bits per heavy atom. The molecule has 5 nitrogen and oxygen atoms in total. The molecule has 0 aliphatic carbocycles. The van der Waals surface area contributed by atoms with Crippen LogP contribution in [0.2, 0.25) is 0 Å². The Morgan fingerprint density at radius 1 is 1.21 bits per heavy atom. The fraction of sp³-hybridized carbons (Fsp3) is 0.0714. The fourth-order valence-corrected chi connectivity index (χ4v) is 1.66. The van der Waals surface area contributed by atoms with E-state index < -0.39 is 0 Å². The molecule has 0 saturated heterocycles. The Balaban J connectivity index is 2.27. The SMILES string of the molecule is C/C(=N\O)c1ccccc1NC(=O)c1ccncc1. The Labute approximate surface area is 110 Å². The molecule has 0 aliphatic rings. The van der Waals surface area contributed by atoms with Crippen LogP contribution in [-0.2, 0) is 0 Å². The highest BCUT2D eigenvalue weighted by atomic mass is 16.4. The number of nitrogens with zero attached hydrogens (tertiary/aromatic N) is 2. The van der Waals surface area contributed by atoms with E-state index in [-0.39, 0.29) is 5.91 Å². The third-order valence-corrected chi connectivity index (χ3v) is 2.66. The summed E-state index contributed by atoms with van der Waals surface area (Å²) in [6.45, 7) is 1.66. The minimum absolute atomic E-state index is 0.236. The van der Waals surface area contributed by atoms with Crippen LogP contribution in [-0.4, -0.2) is 21.8 Å². The molecule has 0 fully saturated rings. The van der Waals surface area contributed by atoms with Crippen molar-refractivity contribution in [3.05, 3.63) is 59.9 Å².